The molecule has 0 N–H and O–H groups in total. The van der Waals surface area contributed by atoms with E-state index in [1.807, 2.05) is 13.2 Å². The lowest BCUT2D eigenvalue weighted by molar-refractivity contribution is 0.300. The van der Waals surface area contributed by atoms with E-state index in [1.54, 1.807) is 23.9 Å². The van der Waals surface area contributed by atoms with Gasteiger partial charge in [-0.1, -0.05) is 6.92 Å². The van der Waals surface area contributed by atoms with Crippen LogP contribution in [0.1, 0.15) is 13.3 Å². The Balaban J connectivity index is 2.78. The first-order valence-corrected chi connectivity index (χ1v) is 5.46. The summed E-state index contributed by atoms with van der Waals surface area (Å²) in [6, 6.07) is 4.92. The molecule has 1 nitrogen and oxygen atoms in total. The van der Waals surface area contributed by atoms with Crippen LogP contribution < -0.4 is 4.74 Å². The Morgan fingerprint density at radius 1 is 1.46 bits per heavy atom. The van der Waals surface area contributed by atoms with Crippen molar-refractivity contribution >= 4 is 11.8 Å². The van der Waals surface area contributed by atoms with Gasteiger partial charge in [0, 0.05) is 4.90 Å². The molecule has 0 amide bonds. The number of halogens is 1. The second-order valence-electron chi connectivity index (χ2n) is 2.64. The first-order chi connectivity index (χ1) is 6.27. The fourth-order valence-corrected chi connectivity index (χ4v) is 1.36. The zero-order valence-corrected chi connectivity index (χ0v) is 8.66. The van der Waals surface area contributed by atoms with Crippen molar-refractivity contribution in [3.63, 3.8) is 0 Å². The van der Waals surface area contributed by atoms with E-state index in [1.165, 1.54) is 6.07 Å². The average molecular weight is 200 g/mol. The van der Waals surface area contributed by atoms with Crippen LogP contribution in [-0.4, -0.2) is 12.9 Å². The normalized spacial score (nSPS) is 10.1. The number of hydrogen-bond donors (Lipinski definition) is 0. The third kappa shape index (κ3) is 2.92. The highest BCUT2D eigenvalue weighted by Crippen LogP contribution is 2.24. The maximum absolute atomic E-state index is 13.1. The lowest BCUT2D eigenvalue weighted by atomic mass is 10.3. The van der Waals surface area contributed by atoms with Crippen LogP contribution >= 0.6 is 11.8 Å². The van der Waals surface area contributed by atoms with Crippen molar-refractivity contribution in [2.45, 2.75) is 18.2 Å². The minimum atomic E-state index is -0.286. The molecule has 72 valence electrons. The number of thioether (sulfide) groups is 1. The van der Waals surface area contributed by atoms with Crippen molar-refractivity contribution in [2.24, 2.45) is 0 Å². The third-order valence-corrected chi connectivity index (χ3v) is 2.33. The molecule has 1 rings (SSSR count). The lowest BCUT2D eigenvalue weighted by Crippen LogP contribution is -1.97. The van der Waals surface area contributed by atoms with E-state index in [9.17, 15) is 4.39 Å². The van der Waals surface area contributed by atoms with Crippen LogP contribution in [0.25, 0.3) is 0 Å². The van der Waals surface area contributed by atoms with E-state index in [0.717, 1.165) is 11.3 Å². The standard InChI is InChI=1S/C10H13FOS/c1-3-6-12-10-7-8(13-2)4-5-9(10)11/h4-5,7H,3,6H2,1-2H3. The molecular formula is C10H13FOS. The third-order valence-electron chi connectivity index (χ3n) is 1.60. The van der Waals surface area contributed by atoms with Crippen molar-refractivity contribution in [3.05, 3.63) is 24.0 Å². The summed E-state index contributed by atoms with van der Waals surface area (Å²) in [4.78, 5) is 1.02. The van der Waals surface area contributed by atoms with Gasteiger partial charge in [0.05, 0.1) is 6.61 Å². The molecule has 0 radical (unpaired) electrons. The molecule has 0 atom stereocenters. The molecule has 0 aliphatic heterocycles. The Hall–Kier alpha value is -0.700. The van der Waals surface area contributed by atoms with Crippen LogP contribution in [0.15, 0.2) is 23.1 Å². The Labute approximate surface area is 82.3 Å². The minimum Gasteiger partial charge on any atom is -0.490 e. The zero-order chi connectivity index (χ0) is 9.68. The topological polar surface area (TPSA) is 9.23 Å². The average Bonchev–Trinajstić information content (AvgIpc) is 2.17. The monoisotopic (exact) mass is 200 g/mol. The largest absolute Gasteiger partial charge is 0.490 e. The van der Waals surface area contributed by atoms with Crippen molar-refractivity contribution in [1.82, 2.24) is 0 Å². The van der Waals surface area contributed by atoms with Crippen LogP contribution in [0.3, 0.4) is 0 Å². The van der Waals surface area contributed by atoms with E-state index >= 15 is 0 Å². The van der Waals surface area contributed by atoms with Crippen molar-refractivity contribution in [1.29, 1.82) is 0 Å². The molecule has 0 saturated heterocycles. The van der Waals surface area contributed by atoms with Crippen LogP contribution in [0.5, 0.6) is 5.75 Å². The number of rotatable bonds is 4. The van der Waals surface area contributed by atoms with Gasteiger partial charge in [-0.05, 0) is 30.9 Å². The van der Waals surface area contributed by atoms with E-state index in [-0.39, 0.29) is 5.82 Å². The van der Waals surface area contributed by atoms with Gasteiger partial charge in [-0.25, -0.2) is 4.39 Å². The summed E-state index contributed by atoms with van der Waals surface area (Å²) in [6.07, 6.45) is 2.85. The molecule has 0 aliphatic carbocycles. The van der Waals surface area contributed by atoms with Gasteiger partial charge in [-0.3, -0.25) is 0 Å². The minimum absolute atomic E-state index is 0.286. The van der Waals surface area contributed by atoms with Gasteiger partial charge in [0.2, 0.25) is 0 Å². The molecule has 0 aliphatic rings. The Morgan fingerprint density at radius 3 is 2.85 bits per heavy atom. The van der Waals surface area contributed by atoms with Gasteiger partial charge in [0.25, 0.3) is 0 Å². The van der Waals surface area contributed by atoms with Gasteiger partial charge in [0.1, 0.15) is 0 Å². The lowest BCUT2D eigenvalue weighted by Gasteiger charge is -2.06. The van der Waals surface area contributed by atoms with Gasteiger partial charge in [0.15, 0.2) is 11.6 Å². The molecule has 0 aromatic heterocycles. The second kappa shape index (κ2) is 5.12. The van der Waals surface area contributed by atoms with E-state index in [2.05, 4.69) is 0 Å². The zero-order valence-electron chi connectivity index (χ0n) is 7.84. The molecule has 1 aromatic carbocycles. The highest BCUT2D eigenvalue weighted by atomic mass is 32.2. The predicted molar refractivity (Wildman–Crippen MR) is 54.0 cm³/mol. The van der Waals surface area contributed by atoms with Crippen molar-refractivity contribution in [3.8, 4) is 5.75 Å². The van der Waals surface area contributed by atoms with Gasteiger partial charge < -0.3 is 4.74 Å². The highest BCUT2D eigenvalue weighted by molar-refractivity contribution is 7.98. The SMILES string of the molecule is CCCOc1cc(SC)ccc1F. The molecule has 0 heterocycles. The summed E-state index contributed by atoms with van der Waals surface area (Å²) in [7, 11) is 0. The maximum atomic E-state index is 13.1. The number of ether oxygens (including phenoxy) is 1. The molecule has 0 unspecified atom stereocenters. The van der Waals surface area contributed by atoms with Crippen molar-refractivity contribution < 1.29 is 9.13 Å². The number of hydrogen-bond acceptors (Lipinski definition) is 2. The molecule has 13 heavy (non-hydrogen) atoms. The molecular weight excluding hydrogens is 187 g/mol. The first kappa shape index (κ1) is 10.4. The smallest absolute Gasteiger partial charge is 0.165 e. The van der Waals surface area contributed by atoms with Crippen molar-refractivity contribution in [2.75, 3.05) is 12.9 Å². The Kier molecular flexibility index (Phi) is 4.09. The molecule has 0 spiro atoms. The Bertz CT molecular complexity index is 276. The van der Waals surface area contributed by atoms with Crippen LogP contribution in [0.2, 0.25) is 0 Å². The first-order valence-electron chi connectivity index (χ1n) is 4.24. The summed E-state index contributed by atoms with van der Waals surface area (Å²) in [5.74, 6) is 0.0694. The predicted octanol–water partition coefficient (Wildman–Crippen LogP) is 3.34. The van der Waals surface area contributed by atoms with Gasteiger partial charge in [-0.2, -0.15) is 0 Å². The number of benzene rings is 1. The maximum Gasteiger partial charge on any atom is 0.165 e. The van der Waals surface area contributed by atoms with Gasteiger partial charge >= 0.3 is 0 Å². The van der Waals surface area contributed by atoms with Crippen LogP contribution in [0, 0.1) is 5.82 Å². The van der Waals surface area contributed by atoms with E-state index in [0.29, 0.717) is 12.4 Å². The Morgan fingerprint density at radius 2 is 2.23 bits per heavy atom. The highest BCUT2D eigenvalue weighted by Gasteiger charge is 2.03. The fraction of sp³-hybridized carbons (Fsp3) is 0.400. The molecule has 1 aromatic rings. The summed E-state index contributed by atoms with van der Waals surface area (Å²) in [5, 5.41) is 0. The summed E-state index contributed by atoms with van der Waals surface area (Å²) < 4.78 is 18.3. The second-order valence-corrected chi connectivity index (χ2v) is 3.52. The van der Waals surface area contributed by atoms with Crippen LogP contribution in [0.4, 0.5) is 4.39 Å². The molecule has 3 heteroatoms. The molecule has 0 fully saturated rings. The van der Waals surface area contributed by atoms with E-state index in [4.69, 9.17) is 4.74 Å². The van der Waals surface area contributed by atoms with E-state index < -0.39 is 0 Å². The molecule has 0 bridgehead atoms. The summed E-state index contributed by atoms with van der Waals surface area (Å²) >= 11 is 1.58. The summed E-state index contributed by atoms with van der Waals surface area (Å²) in [6.45, 7) is 2.56. The fourth-order valence-electron chi connectivity index (χ4n) is 0.933. The molecule has 0 saturated carbocycles. The summed E-state index contributed by atoms with van der Waals surface area (Å²) in [5.41, 5.74) is 0. The quantitative estimate of drug-likeness (QED) is 0.689. The van der Waals surface area contributed by atoms with Crippen LogP contribution in [-0.2, 0) is 0 Å². The van der Waals surface area contributed by atoms with Gasteiger partial charge in [-0.15, -0.1) is 11.8 Å².